The highest BCUT2D eigenvalue weighted by molar-refractivity contribution is 7.22. The van der Waals surface area contributed by atoms with E-state index in [4.69, 9.17) is 4.74 Å². The summed E-state index contributed by atoms with van der Waals surface area (Å²) in [5.41, 5.74) is 2.02. The van der Waals surface area contributed by atoms with Crippen molar-refractivity contribution in [1.29, 1.82) is 0 Å². The molecule has 2 heterocycles. The number of carbonyl (C=O) groups excluding carboxylic acids is 1. The van der Waals surface area contributed by atoms with E-state index in [0.29, 0.717) is 16.8 Å². The van der Waals surface area contributed by atoms with E-state index in [2.05, 4.69) is 27.8 Å². The number of esters is 1. The van der Waals surface area contributed by atoms with E-state index >= 15 is 0 Å². The number of ether oxygens (including phenoxy) is 1. The number of halogens is 3. The molecular formula is C24H26F3N3O2S. The average Bonchev–Trinajstić information content (AvgIpc) is 3.16. The van der Waals surface area contributed by atoms with E-state index in [1.807, 2.05) is 18.2 Å². The molecule has 3 aromatic rings. The van der Waals surface area contributed by atoms with Gasteiger partial charge in [0.05, 0.1) is 28.8 Å². The number of hydrogen-bond donors (Lipinski definition) is 0. The number of alkyl halides is 3. The van der Waals surface area contributed by atoms with Crippen LogP contribution in [0.25, 0.3) is 10.2 Å². The Kier molecular flexibility index (Phi) is 6.90. The van der Waals surface area contributed by atoms with Crippen molar-refractivity contribution in [3.63, 3.8) is 0 Å². The fourth-order valence-electron chi connectivity index (χ4n) is 4.15. The third kappa shape index (κ3) is 5.65. The number of rotatable bonds is 6. The van der Waals surface area contributed by atoms with E-state index in [1.165, 1.54) is 23.5 Å². The molecule has 1 aliphatic heterocycles. The van der Waals surface area contributed by atoms with Gasteiger partial charge in [0.15, 0.2) is 5.13 Å². The third-order valence-electron chi connectivity index (χ3n) is 5.71. The number of hydrogen-bond acceptors (Lipinski definition) is 6. The van der Waals surface area contributed by atoms with E-state index in [-0.39, 0.29) is 18.4 Å². The van der Waals surface area contributed by atoms with Crippen molar-refractivity contribution >= 4 is 32.7 Å². The average molecular weight is 478 g/mol. The van der Waals surface area contributed by atoms with Crippen LogP contribution in [0.15, 0.2) is 42.5 Å². The molecule has 9 heteroatoms. The Labute approximate surface area is 194 Å². The van der Waals surface area contributed by atoms with Gasteiger partial charge in [-0.15, -0.1) is 0 Å². The normalized spacial score (nSPS) is 17.5. The van der Waals surface area contributed by atoms with Crippen LogP contribution in [0.2, 0.25) is 0 Å². The minimum absolute atomic E-state index is 0.170. The largest absolute Gasteiger partial charge is 0.466 e. The van der Waals surface area contributed by atoms with Crippen molar-refractivity contribution in [2.75, 3.05) is 31.1 Å². The molecule has 0 radical (unpaired) electrons. The van der Waals surface area contributed by atoms with Gasteiger partial charge in [0.2, 0.25) is 0 Å². The molecule has 1 aliphatic rings. The Balaban J connectivity index is 1.40. The zero-order valence-electron chi connectivity index (χ0n) is 18.6. The lowest BCUT2D eigenvalue weighted by Crippen LogP contribution is -2.51. The van der Waals surface area contributed by atoms with Crippen LogP contribution in [0.4, 0.5) is 18.3 Å². The summed E-state index contributed by atoms with van der Waals surface area (Å²) >= 11 is 1.31. The van der Waals surface area contributed by atoms with Crippen LogP contribution in [-0.4, -0.2) is 48.1 Å². The highest BCUT2D eigenvalue weighted by atomic mass is 32.1. The second-order valence-corrected chi connectivity index (χ2v) is 9.27. The molecule has 33 heavy (non-hydrogen) atoms. The van der Waals surface area contributed by atoms with Crippen molar-refractivity contribution in [3.05, 3.63) is 59.2 Å². The molecule has 1 unspecified atom stereocenters. The Morgan fingerprint density at radius 2 is 1.97 bits per heavy atom. The zero-order chi connectivity index (χ0) is 23.6. The van der Waals surface area contributed by atoms with Crippen LogP contribution in [0.1, 0.15) is 30.5 Å². The first kappa shape index (κ1) is 23.5. The van der Waals surface area contributed by atoms with Crippen LogP contribution in [-0.2, 0) is 28.7 Å². The fraction of sp³-hybridized carbons (Fsp3) is 0.417. The summed E-state index contributed by atoms with van der Waals surface area (Å²) in [5, 5.41) is 0.757. The second-order valence-electron chi connectivity index (χ2n) is 8.26. The molecule has 0 aliphatic carbocycles. The predicted molar refractivity (Wildman–Crippen MR) is 123 cm³/mol. The van der Waals surface area contributed by atoms with Gasteiger partial charge in [-0.1, -0.05) is 35.6 Å². The van der Waals surface area contributed by atoms with Gasteiger partial charge in [-0.2, -0.15) is 13.2 Å². The Hall–Kier alpha value is -2.65. The van der Waals surface area contributed by atoms with Crippen LogP contribution in [0, 0.1) is 0 Å². The van der Waals surface area contributed by atoms with Gasteiger partial charge in [0.25, 0.3) is 0 Å². The van der Waals surface area contributed by atoms with Gasteiger partial charge in [-0.3, -0.25) is 9.69 Å². The lowest BCUT2D eigenvalue weighted by molar-refractivity contribution is -0.142. The molecule has 1 saturated heterocycles. The Morgan fingerprint density at radius 1 is 1.18 bits per heavy atom. The van der Waals surface area contributed by atoms with Crippen LogP contribution in [0.3, 0.4) is 0 Å². The highest BCUT2D eigenvalue weighted by Gasteiger charge is 2.31. The molecule has 1 atom stereocenters. The van der Waals surface area contributed by atoms with Crippen LogP contribution < -0.4 is 4.90 Å². The van der Waals surface area contributed by atoms with Gasteiger partial charge in [0, 0.05) is 32.2 Å². The maximum Gasteiger partial charge on any atom is 0.416 e. The first-order valence-corrected chi connectivity index (χ1v) is 11.7. The number of piperazine rings is 1. The molecular weight excluding hydrogens is 451 g/mol. The number of anilines is 1. The predicted octanol–water partition coefficient (Wildman–Crippen LogP) is 5.13. The van der Waals surface area contributed by atoms with E-state index < -0.39 is 11.7 Å². The van der Waals surface area contributed by atoms with E-state index in [1.54, 1.807) is 6.92 Å². The van der Waals surface area contributed by atoms with Gasteiger partial charge in [0.1, 0.15) is 0 Å². The smallest absolute Gasteiger partial charge is 0.416 e. The zero-order valence-corrected chi connectivity index (χ0v) is 19.4. The number of aromatic nitrogens is 1. The number of fused-ring (bicyclic) bond motifs is 1. The topological polar surface area (TPSA) is 45.7 Å². The summed E-state index contributed by atoms with van der Waals surface area (Å²) < 4.78 is 44.7. The van der Waals surface area contributed by atoms with Crippen molar-refractivity contribution in [2.24, 2.45) is 0 Å². The molecule has 0 saturated carbocycles. The monoisotopic (exact) mass is 477 g/mol. The summed E-state index contributed by atoms with van der Waals surface area (Å²) in [6, 6.07) is 11.9. The fourth-order valence-corrected chi connectivity index (χ4v) is 5.28. The standard InChI is InChI=1S/C24H26F3N3O2S/c1-3-32-22(31)12-17-5-4-6-18(11-17)15-29-9-10-30(16(2)14-29)23-28-20-8-7-19(24(25,26)27)13-21(20)33-23/h4-8,11,13,16H,3,9-10,12,14-15H2,1-2H3. The summed E-state index contributed by atoms with van der Waals surface area (Å²) in [7, 11) is 0. The maximum absolute atomic E-state index is 13.0. The summed E-state index contributed by atoms with van der Waals surface area (Å²) in [4.78, 5) is 20.9. The lowest BCUT2D eigenvalue weighted by Gasteiger charge is -2.39. The number of nitrogens with zero attached hydrogens (tertiary/aromatic N) is 3. The van der Waals surface area contributed by atoms with Crippen molar-refractivity contribution < 1.29 is 22.7 Å². The number of benzene rings is 2. The maximum atomic E-state index is 13.0. The van der Waals surface area contributed by atoms with Crippen molar-refractivity contribution in [1.82, 2.24) is 9.88 Å². The Bertz CT molecular complexity index is 1130. The second kappa shape index (κ2) is 9.69. The number of thiazole rings is 1. The van der Waals surface area contributed by atoms with Gasteiger partial charge in [-0.25, -0.2) is 4.98 Å². The van der Waals surface area contributed by atoms with Gasteiger partial charge >= 0.3 is 12.1 Å². The van der Waals surface area contributed by atoms with Crippen molar-refractivity contribution in [2.45, 2.75) is 39.0 Å². The summed E-state index contributed by atoms with van der Waals surface area (Å²) in [6.07, 6.45) is -4.09. The quantitative estimate of drug-likeness (QED) is 0.461. The minimum Gasteiger partial charge on any atom is -0.466 e. The molecule has 2 aromatic carbocycles. The van der Waals surface area contributed by atoms with Crippen molar-refractivity contribution in [3.8, 4) is 0 Å². The van der Waals surface area contributed by atoms with Gasteiger partial charge in [-0.05, 0) is 43.2 Å². The lowest BCUT2D eigenvalue weighted by atomic mass is 10.1. The summed E-state index contributed by atoms with van der Waals surface area (Å²) in [6.45, 7) is 7.42. The first-order chi connectivity index (χ1) is 15.7. The van der Waals surface area contributed by atoms with Crippen LogP contribution >= 0.6 is 11.3 Å². The molecule has 5 nitrogen and oxygen atoms in total. The van der Waals surface area contributed by atoms with E-state index in [0.717, 1.165) is 48.5 Å². The molecule has 0 spiro atoms. The SMILES string of the molecule is CCOC(=O)Cc1cccc(CN2CCN(c3nc4ccc(C(F)(F)F)cc4s3)C(C)C2)c1. The highest BCUT2D eigenvalue weighted by Crippen LogP contribution is 2.36. The number of carbonyl (C=O) groups is 1. The minimum atomic E-state index is -4.36. The summed E-state index contributed by atoms with van der Waals surface area (Å²) in [5.74, 6) is -0.227. The molecule has 0 N–H and O–H groups in total. The van der Waals surface area contributed by atoms with Crippen LogP contribution in [0.5, 0.6) is 0 Å². The molecule has 176 valence electrons. The Morgan fingerprint density at radius 3 is 2.70 bits per heavy atom. The molecule has 0 amide bonds. The van der Waals surface area contributed by atoms with E-state index in [9.17, 15) is 18.0 Å². The molecule has 4 rings (SSSR count). The third-order valence-corrected chi connectivity index (χ3v) is 6.77. The molecule has 0 bridgehead atoms. The van der Waals surface area contributed by atoms with Gasteiger partial charge < -0.3 is 9.64 Å². The first-order valence-electron chi connectivity index (χ1n) is 10.9. The molecule has 1 fully saturated rings. The molecule has 1 aromatic heterocycles.